The average Bonchev–Trinajstić information content (AvgIpc) is 2.54. The van der Waals surface area contributed by atoms with Crippen molar-refractivity contribution >= 4 is 23.1 Å². The zero-order valence-electron chi connectivity index (χ0n) is 13.2. The van der Waals surface area contributed by atoms with Crippen LogP contribution in [0.15, 0.2) is 34.3 Å². The summed E-state index contributed by atoms with van der Waals surface area (Å²) < 4.78 is 10.0. The molecule has 0 spiro atoms. The lowest BCUT2D eigenvalue weighted by atomic mass is 9.96. The zero-order valence-corrected chi connectivity index (χ0v) is 13.2. The largest absolute Gasteiger partial charge is 0.497 e. The standard InChI is InChI=1S/C17H22N2O3/c1-3-22-17(20)12-18-14-5-4-6-15(11-14)19-13-7-9-16(21-2)10-8-13/h7-10H,3-6,11-12H2,1-2H3. The van der Waals surface area contributed by atoms with Crippen LogP contribution in [0.2, 0.25) is 0 Å². The Kier molecular flexibility index (Phi) is 6.13. The van der Waals surface area contributed by atoms with Gasteiger partial charge in [-0.25, -0.2) is 0 Å². The number of methoxy groups -OCH3 is 1. The van der Waals surface area contributed by atoms with Crippen molar-refractivity contribution < 1.29 is 14.3 Å². The van der Waals surface area contributed by atoms with Crippen LogP contribution in [0.1, 0.15) is 32.6 Å². The normalized spacial score (nSPS) is 18.5. The van der Waals surface area contributed by atoms with Gasteiger partial charge < -0.3 is 9.47 Å². The van der Waals surface area contributed by atoms with Gasteiger partial charge in [0.1, 0.15) is 12.3 Å². The van der Waals surface area contributed by atoms with Crippen LogP contribution in [-0.2, 0) is 9.53 Å². The van der Waals surface area contributed by atoms with E-state index in [-0.39, 0.29) is 12.5 Å². The van der Waals surface area contributed by atoms with Crippen molar-refractivity contribution in [3.8, 4) is 5.75 Å². The van der Waals surface area contributed by atoms with Crippen molar-refractivity contribution in [2.24, 2.45) is 9.98 Å². The smallest absolute Gasteiger partial charge is 0.327 e. The minimum Gasteiger partial charge on any atom is -0.497 e. The Bertz CT molecular complexity index is 562. The lowest BCUT2D eigenvalue weighted by molar-refractivity contribution is -0.141. The molecule has 0 aromatic heterocycles. The van der Waals surface area contributed by atoms with E-state index < -0.39 is 0 Å². The predicted molar refractivity (Wildman–Crippen MR) is 87.5 cm³/mol. The second-order valence-electron chi connectivity index (χ2n) is 5.09. The van der Waals surface area contributed by atoms with Crippen LogP contribution in [0.25, 0.3) is 0 Å². The molecule has 0 aliphatic heterocycles. The number of hydrogen-bond donors (Lipinski definition) is 0. The first-order chi connectivity index (χ1) is 10.7. The highest BCUT2D eigenvalue weighted by Crippen LogP contribution is 2.21. The first-order valence-corrected chi connectivity index (χ1v) is 7.59. The average molecular weight is 302 g/mol. The molecule has 1 aliphatic carbocycles. The molecule has 1 aliphatic rings. The summed E-state index contributed by atoms with van der Waals surface area (Å²) in [5.41, 5.74) is 3.06. The van der Waals surface area contributed by atoms with E-state index in [0.29, 0.717) is 6.61 Å². The Balaban J connectivity index is 1.98. The minimum atomic E-state index is -0.269. The SMILES string of the molecule is CCOC(=O)CN=C1CCCC(=Nc2ccc(OC)cc2)C1. The number of carbonyl (C=O) groups excluding carboxylic acids is 1. The fourth-order valence-corrected chi connectivity index (χ4v) is 2.36. The molecular weight excluding hydrogens is 280 g/mol. The summed E-state index contributed by atoms with van der Waals surface area (Å²) in [7, 11) is 1.65. The molecule has 0 unspecified atom stereocenters. The molecule has 0 radical (unpaired) electrons. The van der Waals surface area contributed by atoms with E-state index in [1.54, 1.807) is 14.0 Å². The van der Waals surface area contributed by atoms with Crippen molar-refractivity contribution in [1.29, 1.82) is 0 Å². The van der Waals surface area contributed by atoms with Gasteiger partial charge in [0.15, 0.2) is 0 Å². The van der Waals surface area contributed by atoms with E-state index in [1.165, 1.54) is 0 Å². The van der Waals surface area contributed by atoms with E-state index in [1.807, 2.05) is 24.3 Å². The first-order valence-electron chi connectivity index (χ1n) is 7.59. The molecular formula is C17H22N2O3. The Hall–Kier alpha value is -2.17. The maximum absolute atomic E-state index is 11.3. The van der Waals surface area contributed by atoms with E-state index in [2.05, 4.69) is 9.98 Å². The molecule has 0 atom stereocenters. The Morgan fingerprint density at radius 1 is 1.18 bits per heavy atom. The van der Waals surface area contributed by atoms with E-state index in [0.717, 1.165) is 48.5 Å². The number of carbonyl (C=O) groups is 1. The molecule has 118 valence electrons. The van der Waals surface area contributed by atoms with Gasteiger partial charge in [0, 0.05) is 17.8 Å². The minimum absolute atomic E-state index is 0.110. The Morgan fingerprint density at radius 3 is 2.59 bits per heavy atom. The van der Waals surface area contributed by atoms with Gasteiger partial charge in [-0.15, -0.1) is 0 Å². The monoisotopic (exact) mass is 302 g/mol. The highest BCUT2D eigenvalue weighted by molar-refractivity contribution is 6.07. The molecule has 1 saturated carbocycles. The zero-order chi connectivity index (χ0) is 15.8. The van der Waals surface area contributed by atoms with Crippen LogP contribution >= 0.6 is 0 Å². The fraction of sp³-hybridized carbons (Fsp3) is 0.471. The van der Waals surface area contributed by atoms with Gasteiger partial charge in [-0.3, -0.25) is 14.8 Å². The number of benzene rings is 1. The summed E-state index contributed by atoms with van der Waals surface area (Å²) >= 11 is 0. The van der Waals surface area contributed by atoms with Gasteiger partial charge in [-0.2, -0.15) is 0 Å². The highest BCUT2D eigenvalue weighted by atomic mass is 16.5. The number of nitrogens with zero attached hydrogens (tertiary/aromatic N) is 2. The van der Waals surface area contributed by atoms with E-state index >= 15 is 0 Å². The quantitative estimate of drug-likeness (QED) is 0.784. The maximum atomic E-state index is 11.3. The summed E-state index contributed by atoms with van der Waals surface area (Å²) in [6, 6.07) is 7.68. The van der Waals surface area contributed by atoms with Gasteiger partial charge in [0.25, 0.3) is 0 Å². The second-order valence-corrected chi connectivity index (χ2v) is 5.09. The van der Waals surface area contributed by atoms with Gasteiger partial charge >= 0.3 is 5.97 Å². The Labute approximate surface area is 131 Å². The third-order valence-corrected chi connectivity index (χ3v) is 3.44. The molecule has 0 heterocycles. The molecule has 0 saturated heterocycles. The molecule has 5 heteroatoms. The second kappa shape index (κ2) is 8.32. The van der Waals surface area contributed by atoms with E-state index in [9.17, 15) is 4.79 Å². The van der Waals surface area contributed by atoms with Crippen LogP contribution in [0, 0.1) is 0 Å². The summed E-state index contributed by atoms with van der Waals surface area (Å²) in [6.07, 6.45) is 3.67. The van der Waals surface area contributed by atoms with Gasteiger partial charge in [0.2, 0.25) is 0 Å². The maximum Gasteiger partial charge on any atom is 0.327 e. The van der Waals surface area contributed by atoms with Crippen molar-refractivity contribution in [2.75, 3.05) is 20.3 Å². The van der Waals surface area contributed by atoms with Crippen LogP contribution in [-0.4, -0.2) is 37.7 Å². The van der Waals surface area contributed by atoms with Crippen LogP contribution in [0.4, 0.5) is 5.69 Å². The van der Waals surface area contributed by atoms with Crippen molar-refractivity contribution in [3.05, 3.63) is 24.3 Å². The van der Waals surface area contributed by atoms with Crippen LogP contribution < -0.4 is 4.74 Å². The summed E-state index contributed by atoms with van der Waals surface area (Å²) in [4.78, 5) is 20.4. The molecule has 5 nitrogen and oxygen atoms in total. The van der Waals surface area contributed by atoms with Crippen molar-refractivity contribution in [1.82, 2.24) is 0 Å². The lowest BCUT2D eigenvalue weighted by Crippen LogP contribution is -2.17. The molecule has 22 heavy (non-hydrogen) atoms. The van der Waals surface area contributed by atoms with Crippen LogP contribution in [0.5, 0.6) is 5.75 Å². The molecule has 1 fully saturated rings. The van der Waals surface area contributed by atoms with Crippen molar-refractivity contribution in [3.63, 3.8) is 0 Å². The van der Waals surface area contributed by atoms with Crippen LogP contribution in [0.3, 0.4) is 0 Å². The van der Waals surface area contributed by atoms with Crippen molar-refractivity contribution in [2.45, 2.75) is 32.6 Å². The number of hydrogen-bond acceptors (Lipinski definition) is 5. The predicted octanol–water partition coefficient (Wildman–Crippen LogP) is 3.35. The fourth-order valence-electron chi connectivity index (χ4n) is 2.36. The number of rotatable bonds is 5. The Morgan fingerprint density at radius 2 is 1.91 bits per heavy atom. The topological polar surface area (TPSA) is 60.2 Å². The van der Waals surface area contributed by atoms with Gasteiger partial charge in [0.05, 0.1) is 19.4 Å². The number of ether oxygens (including phenoxy) is 2. The number of aliphatic imine (C=N–C) groups is 2. The molecule has 0 bridgehead atoms. The molecule has 1 aromatic carbocycles. The number of esters is 1. The molecule has 0 amide bonds. The van der Waals surface area contributed by atoms with Gasteiger partial charge in [-0.05, 0) is 50.5 Å². The molecule has 2 rings (SSSR count). The third-order valence-electron chi connectivity index (χ3n) is 3.44. The van der Waals surface area contributed by atoms with E-state index in [4.69, 9.17) is 9.47 Å². The molecule has 1 aromatic rings. The lowest BCUT2D eigenvalue weighted by Gasteiger charge is -2.15. The summed E-state index contributed by atoms with van der Waals surface area (Å²) in [5.74, 6) is 0.554. The molecule has 0 N–H and O–H groups in total. The summed E-state index contributed by atoms with van der Waals surface area (Å²) in [5, 5.41) is 0. The summed E-state index contributed by atoms with van der Waals surface area (Å²) in [6.45, 7) is 2.30. The third kappa shape index (κ3) is 4.98. The van der Waals surface area contributed by atoms with Gasteiger partial charge in [-0.1, -0.05) is 0 Å². The first kappa shape index (κ1) is 16.2. The highest BCUT2D eigenvalue weighted by Gasteiger charge is 2.14.